The molecular weight excluding hydrogens is 328 g/mol. The molecule has 10 heteroatoms. The summed E-state index contributed by atoms with van der Waals surface area (Å²) in [5.41, 5.74) is 0. The third-order valence-electron chi connectivity index (χ3n) is 4.04. The van der Waals surface area contributed by atoms with E-state index in [-0.39, 0.29) is 18.5 Å². The van der Waals surface area contributed by atoms with Crippen LogP contribution in [0, 0.1) is 6.92 Å². The van der Waals surface area contributed by atoms with E-state index in [2.05, 4.69) is 25.6 Å². The van der Waals surface area contributed by atoms with Gasteiger partial charge in [-0.1, -0.05) is 10.3 Å². The summed E-state index contributed by atoms with van der Waals surface area (Å²) in [5, 5.41) is 10.6. The van der Waals surface area contributed by atoms with Crippen molar-refractivity contribution < 1.29 is 18.6 Å². The third-order valence-corrected chi connectivity index (χ3v) is 4.04. The number of nitrogens with zero attached hydrogens (tertiary/aromatic N) is 5. The molecule has 0 unspecified atom stereocenters. The minimum absolute atomic E-state index is 0.0998. The smallest absolute Gasteiger partial charge is 0.317 e. The minimum Gasteiger partial charge on any atom is -0.384 e. The molecule has 25 heavy (non-hydrogen) atoms. The molecule has 1 fully saturated rings. The van der Waals surface area contributed by atoms with Crippen molar-refractivity contribution in [2.24, 2.45) is 0 Å². The number of aryl methyl sites for hydroxylation is 1. The van der Waals surface area contributed by atoms with E-state index in [1.54, 1.807) is 18.9 Å². The van der Waals surface area contributed by atoms with Crippen LogP contribution >= 0.6 is 0 Å². The van der Waals surface area contributed by atoms with Gasteiger partial charge in [-0.2, -0.15) is 9.97 Å². The van der Waals surface area contributed by atoms with Crippen LogP contribution in [0.2, 0.25) is 0 Å². The topological polar surface area (TPSA) is 119 Å². The number of carbonyl (C=O) groups is 1. The van der Waals surface area contributed by atoms with Crippen molar-refractivity contribution >= 4 is 6.03 Å². The van der Waals surface area contributed by atoms with Crippen molar-refractivity contribution in [1.29, 1.82) is 0 Å². The summed E-state index contributed by atoms with van der Waals surface area (Å²) in [4.78, 5) is 22.6. The lowest BCUT2D eigenvalue weighted by molar-refractivity contribution is 0.177. The zero-order valence-corrected chi connectivity index (χ0v) is 14.4. The van der Waals surface area contributed by atoms with Gasteiger partial charge in [-0.25, -0.2) is 4.79 Å². The summed E-state index contributed by atoms with van der Waals surface area (Å²) >= 11 is 0. The molecule has 0 spiro atoms. The Morgan fingerprint density at radius 2 is 2.24 bits per heavy atom. The van der Waals surface area contributed by atoms with Gasteiger partial charge in [0.05, 0.1) is 19.6 Å². The number of aromatic nitrogens is 4. The average molecular weight is 350 g/mol. The quantitative estimate of drug-likeness (QED) is 0.820. The van der Waals surface area contributed by atoms with Crippen molar-refractivity contribution in [3.63, 3.8) is 0 Å². The maximum Gasteiger partial charge on any atom is 0.317 e. The van der Waals surface area contributed by atoms with Crippen LogP contribution in [0.3, 0.4) is 0 Å². The summed E-state index contributed by atoms with van der Waals surface area (Å²) in [6, 6.07) is -0.159. The lowest BCUT2D eigenvalue weighted by Gasteiger charge is -2.31. The molecule has 0 radical (unpaired) electrons. The van der Waals surface area contributed by atoms with E-state index >= 15 is 0 Å². The van der Waals surface area contributed by atoms with Gasteiger partial charge in [-0.15, -0.1) is 0 Å². The number of likely N-dealkylation sites (tertiary alicyclic amines) is 1. The lowest BCUT2D eigenvalue weighted by atomic mass is 9.98. The molecule has 1 aliphatic heterocycles. The molecular formula is C15H22N6O4. The van der Waals surface area contributed by atoms with E-state index in [9.17, 15) is 4.79 Å². The first-order valence-electron chi connectivity index (χ1n) is 8.29. The molecule has 1 atom stereocenters. The van der Waals surface area contributed by atoms with Crippen molar-refractivity contribution in [3.8, 4) is 0 Å². The summed E-state index contributed by atoms with van der Waals surface area (Å²) in [7, 11) is 1.61. The maximum absolute atomic E-state index is 12.4. The Labute approximate surface area is 144 Å². The highest BCUT2D eigenvalue weighted by molar-refractivity contribution is 5.74. The Balaban J connectivity index is 1.50. The predicted octanol–water partition coefficient (Wildman–Crippen LogP) is 1.04. The molecule has 0 aromatic carbocycles. The van der Waals surface area contributed by atoms with Gasteiger partial charge in [0.1, 0.15) is 0 Å². The van der Waals surface area contributed by atoms with Gasteiger partial charge < -0.3 is 24.0 Å². The van der Waals surface area contributed by atoms with Gasteiger partial charge in [0, 0.05) is 33.0 Å². The molecule has 0 bridgehead atoms. The zero-order chi connectivity index (χ0) is 17.6. The molecule has 2 amide bonds. The highest BCUT2D eigenvalue weighted by Gasteiger charge is 2.27. The Hall–Kier alpha value is -2.49. The van der Waals surface area contributed by atoms with Crippen LogP contribution in [0.4, 0.5) is 4.79 Å². The fourth-order valence-corrected chi connectivity index (χ4v) is 2.77. The summed E-state index contributed by atoms with van der Waals surface area (Å²) in [5.74, 6) is 2.25. The Morgan fingerprint density at radius 1 is 1.36 bits per heavy atom. The number of nitrogens with one attached hydrogen (secondary N) is 1. The van der Waals surface area contributed by atoms with Gasteiger partial charge in [-0.05, 0) is 12.8 Å². The molecule has 1 saturated heterocycles. The van der Waals surface area contributed by atoms with Gasteiger partial charge in [0.2, 0.25) is 11.8 Å². The molecule has 0 aliphatic carbocycles. The summed E-state index contributed by atoms with van der Waals surface area (Å²) < 4.78 is 15.1. The molecule has 1 aliphatic rings. The van der Waals surface area contributed by atoms with Crippen molar-refractivity contribution in [3.05, 3.63) is 23.4 Å². The molecule has 10 nitrogen and oxygen atoms in total. The number of methoxy groups -OCH3 is 1. The maximum atomic E-state index is 12.4. The van der Waals surface area contributed by atoms with E-state index in [4.69, 9.17) is 13.8 Å². The van der Waals surface area contributed by atoms with Crippen LogP contribution < -0.4 is 5.32 Å². The molecule has 1 N–H and O–H groups in total. The Kier molecular flexibility index (Phi) is 5.59. The Bertz CT molecular complexity index is 700. The first-order chi connectivity index (χ1) is 12.2. The predicted molar refractivity (Wildman–Crippen MR) is 84.7 cm³/mol. The highest BCUT2D eigenvalue weighted by Crippen LogP contribution is 2.24. The van der Waals surface area contributed by atoms with E-state index < -0.39 is 0 Å². The second kappa shape index (κ2) is 8.06. The van der Waals surface area contributed by atoms with Crippen LogP contribution in [-0.2, 0) is 17.7 Å². The molecule has 3 heterocycles. The van der Waals surface area contributed by atoms with Crippen LogP contribution in [0.15, 0.2) is 9.05 Å². The first kappa shape index (κ1) is 17.3. The van der Waals surface area contributed by atoms with Gasteiger partial charge in [0.25, 0.3) is 0 Å². The molecule has 3 rings (SSSR count). The van der Waals surface area contributed by atoms with Crippen molar-refractivity contribution in [2.75, 3.05) is 26.8 Å². The van der Waals surface area contributed by atoms with Crippen molar-refractivity contribution in [1.82, 2.24) is 30.5 Å². The highest BCUT2D eigenvalue weighted by atomic mass is 16.5. The number of urea groups is 1. The normalized spacial score (nSPS) is 17.7. The number of ether oxygens (including phenoxy) is 1. The molecule has 2 aromatic heterocycles. The SMILES string of the molecule is COCCc1nc(CNC(=O)N2CCC[C@@H](c3noc(C)n3)C2)no1. The second-order valence-electron chi connectivity index (χ2n) is 5.96. The number of piperidine rings is 1. The van der Waals surface area contributed by atoms with E-state index in [0.717, 1.165) is 12.8 Å². The van der Waals surface area contributed by atoms with Crippen LogP contribution in [0.25, 0.3) is 0 Å². The monoisotopic (exact) mass is 350 g/mol. The molecule has 0 saturated carbocycles. The van der Waals surface area contributed by atoms with E-state index in [1.165, 1.54) is 0 Å². The van der Waals surface area contributed by atoms with Gasteiger partial charge >= 0.3 is 6.03 Å². The zero-order valence-electron chi connectivity index (χ0n) is 14.4. The number of hydrogen-bond acceptors (Lipinski definition) is 8. The van der Waals surface area contributed by atoms with E-state index in [1.807, 2.05) is 0 Å². The lowest BCUT2D eigenvalue weighted by Crippen LogP contribution is -2.45. The minimum atomic E-state index is -0.159. The number of amides is 2. The van der Waals surface area contributed by atoms with Gasteiger partial charge in [0.15, 0.2) is 11.6 Å². The average Bonchev–Trinajstić information content (AvgIpc) is 3.27. The standard InChI is InChI=1S/C15H22N6O4/c1-10-17-14(20-24-10)11-4-3-6-21(9-11)15(22)16-8-12-18-13(25-19-12)5-7-23-2/h11H,3-9H2,1-2H3,(H,16,22)/t11-/m1/s1. The Morgan fingerprint density at radius 3 is 3.00 bits per heavy atom. The molecule has 2 aromatic rings. The largest absolute Gasteiger partial charge is 0.384 e. The number of rotatable bonds is 6. The van der Waals surface area contributed by atoms with Crippen LogP contribution in [0.1, 0.15) is 42.2 Å². The summed E-state index contributed by atoms with van der Waals surface area (Å²) in [6.07, 6.45) is 2.39. The molecule has 136 valence electrons. The number of carbonyl (C=O) groups excluding carboxylic acids is 1. The first-order valence-corrected chi connectivity index (χ1v) is 8.29. The third kappa shape index (κ3) is 4.53. The van der Waals surface area contributed by atoms with Crippen LogP contribution in [-0.4, -0.2) is 58.0 Å². The van der Waals surface area contributed by atoms with Gasteiger partial charge in [-0.3, -0.25) is 0 Å². The second-order valence-corrected chi connectivity index (χ2v) is 5.96. The van der Waals surface area contributed by atoms with Crippen molar-refractivity contribution in [2.45, 2.75) is 38.6 Å². The fourth-order valence-electron chi connectivity index (χ4n) is 2.77. The summed E-state index contributed by atoms with van der Waals surface area (Å²) in [6.45, 7) is 3.76. The van der Waals surface area contributed by atoms with Crippen LogP contribution in [0.5, 0.6) is 0 Å². The number of hydrogen-bond donors (Lipinski definition) is 1. The van der Waals surface area contributed by atoms with E-state index in [0.29, 0.717) is 49.5 Å². The fraction of sp³-hybridized carbons (Fsp3) is 0.667.